The molecule has 26 heavy (non-hydrogen) atoms. The Morgan fingerprint density at radius 2 is 1.62 bits per heavy atom. The highest BCUT2D eigenvalue weighted by Gasteiger charge is 2.29. The van der Waals surface area contributed by atoms with Gasteiger partial charge in [0.2, 0.25) is 0 Å². The molecule has 0 saturated carbocycles. The van der Waals surface area contributed by atoms with E-state index in [-0.39, 0.29) is 0 Å². The molecule has 0 unspecified atom stereocenters. The molecule has 0 atom stereocenters. The largest absolute Gasteiger partial charge is 0.337 e. The summed E-state index contributed by atoms with van der Waals surface area (Å²) in [6, 6.07) is 20.3. The number of nitrogens with zero attached hydrogens (tertiary/aromatic N) is 5. The van der Waals surface area contributed by atoms with Crippen molar-refractivity contribution in [1.29, 1.82) is 0 Å². The first-order valence-corrected chi connectivity index (χ1v) is 9.57. The lowest BCUT2D eigenvalue weighted by atomic mass is 10.2. The van der Waals surface area contributed by atoms with Gasteiger partial charge in [-0.3, -0.25) is 0 Å². The number of aromatic nitrogens is 5. The summed E-state index contributed by atoms with van der Waals surface area (Å²) in [4.78, 5) is 3.10. The Morgan fingerprint density at radius 1 is 0.923 bits per heavy atom. The van der Waals surface area contributed by atoms with Crippen molar-refractivity contribution in [2.75, 3.05) is 0 Å². The van der Waals surface area contributed by atoms with Crippen LogP contribution < -0.4 is 4.68 Å². The molecule has 0 N–H and O–H groups in total. The number of para-hydroxylation sites is 1. The van der Waals surface area contributed by atoms with Gasteiger partial charge in [0, 0.05) is 0 Å². The van der Waals surface area contributed by atoms with Gasteiger partial charge in [-0.25, -0.2) is 0 Å². The maximum atomic E-state index is 4.68. The zero-order chi connectivity index (χ0) is 17.9. The third-order valence-corrected chi connectivity index (χ3v) is 5.32. The Labute approximate surface area is 156 Å². The normalized spacial score (nSPS) is 11.0. The molecular weight excluding hydrogens is 342 g/mol. The maximum absolute atomic E-state index is 4.68. The summed E-state index contributed by atoms with van der Waals surface area (Å²) in [6.45, 7) is 4.30. The Hall–Kier alpha value is -2.86. The van der Waals surface area contributed by atoms with E-state index in [9.17, 15) is 0 Å². The highest BCUT2D eigenvalue weighted by molar-refractivity contribution is 7.06. The summed E-state index contributed by atoms with van der Waals surface area (Å²) in [5.41, 5.74) is 4.18. The molecule has 130 valence electrons. The van der Waals surface area contributed by atoms with Crippen LogP contribution in [-0.4, -0.2) is 19.5 Å². The first-order valence-electron chi connectivity index (χ1n) is 8.80. The average molecular weight is 362 g/mol. The fourth-order valence-electron chi connectivity index (χ4n) is 3.02. The standard InChI is InChI=1S/C20H20N5S/c1-3-17-19(18(4-2)26-22-17)24-20(15-11-7-5-8-12-15)21-23-25(24)16-13-9-6-10-14-16/h5-14H,3-4H2,1-2H3/q+1. The van der Waals surface area contributed by atoms with Gasteiger partial charge in [-0.15, -0.1) is 4.68 Å². The molecule has 2 aromatic heterocycles. The van der Waals surface area contributed by atoms with Gasteiger partial charge in [0.05, 0.1) is 16.1 Å². The van der Waals surface area contributed by atoms with E-state index in [2.05, 4.69) is 45.3 Å². The molecule has 2 aromatic carbocycles. The Kier molecular flexibility index (Phi) is 4.58. The molecule has 0 fully saturated rings. The van der Waals surface area contributed by atoms with Gasteiger partial charge in [-0.1, -0.05) is 50.2 Å². The van der Waals surface area contributed by atoms with E-state index in [0.29, 0.717) is 0 Å². The average Bonchev–Trinajstić information content (AvgIpc) is 3.32. The topological polar surface area (TPSA) is 47.5 Å². The summed E-state index contributed by atoms with van der Waals surface area (Å²) in [7, 11) is 0. The van der Waals surface area contributed by atoms with E-state index in [1.165, 1.54) is 4.88 Å². The smallest absolute Gasteiger partial charge is 0.194 e. The molecule has 0 aliphatic rings. The third-order valence-electron chi connectivity index (χ3n) is 4.30. The number of hydrogen-bond acceptors (Lipinski definition) is 4. The van der Waals surface area contributed by atoms with Crippen molar-refractivity contribution in [1.82, 2.24) is 19.5 Å². The Bertz CT molecular complexity index is 927. The molecular formula is C20H20N5S+. The van der Waals surface area contributed by atoms with E-state index in [0.717, 1.165) is 41.3 Å². The molecule has 0 spiro atoms. The van der Waals surface area contributed by atoms with Crippen LogP contribution in [0.1, 0.15) is 24.4 Å². The van der Waals surface area contributed by atoms with E-state index >= 15 is 0 Å². The van der Waals surface area contributed by atoms with Crippen LogP contribution in [0.5, 0.6) is 0 Å². The monoisotopic (exact) mass is 362 g/mol. The van der Waals surface area contributed by atoms with Crippen LogP contribution in [-0.2, 0) is 12.8 Å². The first-order chi connectivity index (χ1) is 12.8. The number of benzene rings is 2. The minimum absolute atomic E-state index is 0.819. The van der Waals surface area contributed by atoms with Crippen LogP contribution in [0.2, 0.25) is 0 Å². The molecule has 0 aliphatic heterocycles. The molecule has 0 aliphatic carbocycles. The predicted octanol–water partition coefficient (Wildman–Crippen LogP) is 3.79. The SMILES string of the molecule is CCc1nsc(CC)c1-[n+]1c(-c2ccccc2)nnn1-c1ccccc1. The fraction of sp³-hybridized carbons (Fsp3) is 0.200. The molecule has 0 radical (unpaired) electrons. The third kappa shape index (κ3) is 2.82. The summed E-state index contributed by atoms with van der Waals surface area (Å²) in [6.07, 6.45) is 1.79. The molecule has 4 rings (SSSR count). The highest BCUT2D eigenvalue weighted by Crippen LogP contribution is 2.23. The van der Waals surface area contributed by atoms with Gasteiger partial charge in [0.1, 0.15) is 10.8 Å². The predicted molar refractivity (Wildman–Crippen MR) is 103 cm³/mol. The number of aryl methyl sites for hydroxylation is 2. The molecule has 0 bridgehead atoms. The van der Waals surface area contributed by atoms with Gasteiger partial charge in [-0.2, -0.15) is 4.37 Å². The van der Waals surface area contributed by atoms with Gasteiger partial charge >= 0.3 is 5.82 Å². The number of tetrazole rings is 1. The molecule has 6 heteroatoms. The second-order valence-electron chi connectivity index (χ2n) is 5.92. The minimum atomic E-state index is 0.819. The lowest BCUT2D eigenvalue weighted by Crippen LogP contribution is -2.43. The van der Waals surface area contributed by atoms with Gasteiger partial charge < -0.3 is 0 Å². The molecule has 0 saturated heterocycles. The van der Waals surface area contributed by atoms with Crippen LogP contribution in [0.3, 0.4) is 0 Å². The zero-order valence-electron chi connectivity index (χ0n) is 14.8. The summed E-state index contributed by atoms with van der Waals surface area (Å²) >= 11 is 1.57. The lowest BCUT2D eigenvalue weighted by Gasteiger charge is -2.07. The molecule has 0 amide bonds. The number of hydrogen-bond donors (Lipinski definition) is 0. The Morgan fingerprint density at radius 3 is 2.27 bits per heavy atom. The van der Waals surface area contributed by atoms with Crippen molar-refractivity contribution in [3.05, 3.63) is 71.2 Å². The zero-order valence-corrected chi connectivity index (χ0v) is 15.6. The second-order valence-corrected chi connectivity index (χ2v) is 6.78. The van der Waals surface area contributed by atoms with Crippen molar-refractivity contribution >= 4 is 11.5 Å². The molecule has 4 aromatic rings. The van der Waals surface area contributed by atoms with E-state index in [1.807, 2.05) is 53.3 Å². The Balaban J connectivity index is 2.03. The van der Waals surface area contributed by atoms with E-state index in [4.69, 9.17) is 0 Å². The quantitative estimate of drug-likeness (QED) is 0.508. The van der Waals surface area contributed by atoms with Crippen LogP contribution in [0.25, 0.3) is 22.8 Å². The van der Waals surface area contributed by atoms with Gasteiger partial charge in [0.25, 0.3) is 0 Å². The minimum Gasteiger partial charge on any atom is -0.194 e. The number of rotatable bonds is 5. The van der Waals surface area contributed by atoms with Crippen molar-refractivity contribution < 1.29 is 4.68 Å². The van der Waals surface area contributed by atoms with Crippen LogP contribution in [0.15, 0.2) is 60.7 Å². The second kappa shape index (κ2) is 7.17. The maximum Gasteiger partial charge on any atom is 0.337 e. The van der Waals surface area contributed by atoms with Crippen LogP contribution in [0.4, 0.5) is 0 Å². The lowest BCUT2D eigenvalue weighted by molar-refractivity contribution is -0.670. The van der Waals surface area contributed by atoms with Gasteiger partial charge in [0.15, 0.2) is 10.9 Å². The summed E-state index contributed by atoms with van der Waals surface area (Å²) < 4.78 is 6.79. The first kappa shape index (κ1) is 16.6. The molecule has 2 heterocycles. The summed E-state index contributed by atoms with van der Waals surface area (Å²) in [5, 5.41) is 9.00. The summed E-state index contributed by atoms with van der Waals surface area (Å²) in [5.74, 6) is 0.819. The van der Waals surface area contributed by atoms with E-state index in [1.54, 1.807) is 11.5 Å². The highest BCUT2D eigenvalue weighted by atomic mass is 32.1. The van der Waals surface area contributed by atoms with Gasteiger partial charge in [-0.05, 0) is 53.4 Å². The fourth-order valence-corrected chi connectivity index (χ4v) is 3.87. The van der Waals surface area contributed by atoms with E-state index < -0.39 is 0 Å². The van der Waals surface area contributed by atoms with Crippen molar-refractivity contribution in [2.45, 2.75) is 26.7 Å². The van der Waals surface area contributed by atoms with Crippen molar-refractivity contribution in [2.24, 2.45) is 0 Å². The van der Waals surface area contributed by atoms with Crippen molar-refractivity contribution in [3.63, 3.8) is 0 Å². The molecule has 5 nitrogen and oxygen atoms in total. The van der Waals surface area contributed by atoms with Crippen LogP contribution in [0, 0.1) is 0 Å². The van der Waals surface area contributed by atoms with Crippen molar-refractivity contribution in [3.8, 4) is 22.8 Å². The van der Waals surface area contributed by atoms with Crippen LogP contribution >= 0.6 is 11.5 Å².